The van der Waals surface area contributed by atoms with Gasteiger partial charge in [0, 0.05) is 0 Å². The van der Waals surface area contributed by atoms with E-state index in [2.05, 4.69) is 5.10 Å². The van der Waals surface area contributed by atoms with Gasteiger partial charge in [-0.2, -0.15) is 10.4 Å². The summed E-state index contributed by atoms with van der Waals surface area (Å²) < 4.78 is 1.31. The number of nitrogens with zero attached hydrogens (tertiary/aromatic N) is 3. The van der Waals surface area contributed by atoms with Crippen LogP contribution in [0.1, 0.15) is 62.8 Å². The van der Waals surface area contributed by atoms with Crippen molar-refractivity contribution in [1.29, 1.82) is 5.26 Å². The van der Waals surface area contributed by atoms with Crippen molar-refractivity contribution in [3.05, 3.63) is 27.2 Å². The number of hydrogen-bond acceptors (Lipinski definition) is 4. The molecule has 0 amide bonds. The van der Waals surface area contributed by atoms with Gasteiger partial charge in [-0.15, -0.1) is 0 Å². The Kier molecular flexibility index (Phi) is 4.79. The van der Waals surface area contributed by atoms with Gasteiger partial charge in [0.1, 0.15) is 11.6 Å². The second-order valence-electron chi connectivity index (χ2n) is 5.87. The summed E-state index contributed by atoms with van der Waals surface area (Å²) in [6, 6.07) is 2.02. The highest BCUT2D eigenvalue weighted by molar-refractivity contribution is 5.38. The second-order valence-corrected chi connectivity index (χ2v) is 5.87. The van der Waals surface area contributed by atoms with E-state index in [9.17, 15) is 15.2 Å². The minimum atomic E-state index is -0.861. The lowest BCUT2D eigenvalue weighted by molar-refractivity contribution is -0.0156. The van der Waals surface area contributed by atoms with Crippen LogP contribution in [-0.4, -0.2) is 20.5 Å². The summed E-state index contributed by atoms with van der Waals surface area (Å²) in [4.78, 5) is 12.4. The molecule has 0 bridgehead atoms. The van der Waals surface area contributed by atoms with Crippen LogP contribution in [-0.2, 0) is 19.4 Å². The lowest BCUT2D eigenvalue weighted by atomic mass is 9.85. The SMILES string of the molecule is CCc1nn(CC2(O)CCCCC2)c(=O)c(C#N)c1CC. The summed E-state index contributed by atoms with van der Waals surface area (Å²) in [6.45, 7) is 4.08. The quantitative estimate of drug-likeness (QED) is 0.918. The summed E-state index contributed by atoms with van der Waals surface area (Å²) >= 11 is 0. The van der Waals surface area contributed by atoms with E-state index in [0.717, 1.165) is 30.5 Å². The van der Waals surface area contributed by atoms with Crippen molar-refractivity contribution in [2.75, 3.05) is 0 Å². The van der Waals surface area contributed by atoms with Crippen molar-refractivity contribution in [3.8, 4) is 6.07 Å². The molecular weight excluding hydrogens is 266 g/mol. The zero-order valence-electron chi connectivity index (χ0n) is 12.9. The Morgan fingerprint density at radius 3 is 2.48 bits per heavy atom. The van der Waals surface area contributed by atoms with E-state index in [1.807, 2.05) is 19.9 Å². The smallest absolute Gasteiger partial charge is 0.285 e. The molecule has 21 heavy (non-hydrogen) atoms. The van der Waals surface area contributed by atoms with E-state index in [-0.39, 0.29) is 17.7 Å². The summed E-state index contributed by atoms with van der Waals surface area (Å²) in [5.41, 5.74) is 0.486. The van der Waals surface area contributed by atoms with Gasteiger partial charge in [-0.3, -0.25) is 4.79 Å². The van der Waals surface area contributed by atoms with E-state index < -0.39 is 5.60 Å². The molecule has 1 aliphatic carbocycles. The highest BCUT2D eigenvalue weighted by Crippen LogP contribution is 2.29. The summed E-state index contributed by atoms with van der Waals surface area (Å²) in [7, 11) is 0. The predicted molar refractivity (Wildman–Crippen MR) is 80.0 cm³/mol. The topological polar surface area (TPSA) is 78.9 Å². The third-order valence-corrected chi connectivity index (χ3v) is 4.37. The Bertz CT molecular complexity index is 607. The highest BCUT2D eigenvalue weighted by Gasteiger charge is 2.31. The van der Waals surface area contributed by atoms with E-state index >= 15 is 0 Å². The Morgan fingerprint density at radius 2 is 1.95 bits per heavy atom. The molecule has 5 nitrogen and oxygen atoms in total. The number of hydrogen-bond donors (Lipinski definition) is 1. The standard InChI is InChI=1S/C16H23N3O2/c1-3-12-13(10-17)15(20)19(18-14(12)4-2)11-16(21)8-6-5-7-9-16/h21H,3-9,11H2,1-2H3. The Morgan fingerprint density at radius 1 is 1.29 bits per heavy atom. The predicted octanol–water partition coefficient (Wildman–Crippen LogP) is 1.93. The summed E-state index contributed by atoms with van der Waals surface area (Å²) in [6.07, 6.45) is 5.77. The van der Waals surface area contributed by atoms with E-state index in [4.69, 9.17) is 0 Å². The summed E-state index contributed by atoms with van der Waals surface area (Å²) in [5.74, 6) is 0. The van der Waals surface area contributed by atoms with Crippen molar-refractivity contribution >= 4 is 0 Å². The first-order chi connectivity index (χ1) is 10.0. The van der Waals surface area contributed by atoms with Crippen molar-refractivity contribution in [1.82, 2.24) is 9.78 Å². The molecule has 1 saturated carbocycles. The van der Waals surface area contributed by atoms with Crippen LogP contribution in [0, 0.1) is 11.3 Å². The minimum Gasteiger partial charge on any atom is -0.388 e. The van der Waals surface area contributed by atoms with Gasteiger partial charge in [-0.1, -0.05) is 33.1 Å². The molecule has 1 N–H and O–H groups in total. The Balaban J connectivity index is 2.45. The average Bonchev–Trinajstić information content (AvgIpc) is 2.49. The van der Waals surface area contributed by atoms with Crippen molar-refractivity contribution in [3.63, 3.8) is 0 Å². The first kappa shape index (κ1) is 15.7. The molecule has 114 valence electrons. The van der Waals surface area contributed by atoms with Gasteiger partial charge < -0.3 is 5.11 Å². The molecule has 5 heteroatoms. The van der Waals surface area contributed by atoms with Crippen molar-refractivity contribution in [2.24, 2.45) is 0 Å². The molecule has 1 fully saturated rings. The van der Waals surface area contributed by atoms with Crippen LogP contribution in [0.25, 0.3) is 0 Å². The fraction of sp³-hybridized carbons (Fsp3) is 0.688. The van der Waals surface area contributed by atoms with Crippen LogP contribution in [0.3, 0.4) is 0 Å². The number of aromatic nitrogens is 2. The van der Waals surface area contributed by atoms with Crippen LogP contribution >= 0.6 is 0 Å². The molecule has 0 spiro atoms. The maximum Gasteiger partial charge on any atom is 0.285 e. The highest BCUT2D eigenvalue weighted by atomic mass is 16.3. The lowest BCUT2D eigenvalue weighted by Crippen LogP contribution is -2.42. The number of rotatable bonds is 4. The van der Waals surface area contributed by atoms with Crippen molar-refractivity contribution in [2.45, 2.75) is 70.9 Å². The van der Waals surface area contributed by atoms with Crippen LogP contribution in [0.2, 0.25) is 0 Å². The second kappa shape index (κ2) is 6.40. The van der Waals surface area contributed by atoms with E-state index in [1.54, 1.807) is 0 Å². The van der Waals surface area contributed by atoms with Gasteiger partial charge in [0.25, 0.3) is 5.56 Å². The molecule has 1 aliphatic rings. The fourth-order valence-electron chi connectivity index (χ4n) is 3.19. The Labute approximate surface area is 125 Å². The Hall–Kier alpha value is -1.67. The molecule has 0 atom stereocenters. The van der Waals surface area contributed by atoms with Gasteiger partial charge in [-0.25, -0.2) is 4.68 Å². The maximum absolute atomic E-state index is 12.4. The summed E-state index contributed by atoms with van der Waals surface area (Å²) in [5, 5.41) is 24.3. The number of nitriles is 1. The van der Waals surface area contributed by atoms with Gasteiger partial charge in [0.05, 0.1) is 17.8 Å². The molecule has 0 unspecified atom stereocenters. The monoisotopic (exact) mass is 289 g/mol. The molecular formula is C16H23N3O2. The number of aryl methyl sites for hydroxylation is 1. The van der Waals surface area contributed by atoms with Crippen LogP contribution in [0.15, 0.2) is 4.79 Å². The van der Waals surface area contributed by atoms with E-state index in [1.165, 1.54) is 4.68 Å². The van der Waals surface area contributed by atoms with Gasteiger partial charge >= 0.3 is 0 Å². The molecule has 1 aromatic rings. The molecule has 2 rings (SSSR count). The van der Waals surface area contributed by atoms with Gasteiger partial charge in [-0.05, 0) is 31.2 Å². The van der Waals surface area contributed by atoms with Crippen LogP contribution in [0.4, 0.5) is 0 Å². The number of aliphatic hydroxyl groups is 1. The molecule has 1 aromatic heterocycles. The van der Waals surface area contributed by atoms with Gasteiger partial charge in [0.15, 0.2) is 0 Å². The van der Waals surface area contributed by atoms with Gasteiger partial charge in [0.2, 0.25) is 0 Å². The normalized spacial score (nSPS) is 17.4. The molecule has 0 aliphatic heterocycles. The molecule has 0 aromatic carbocycles. The van der Waals surface area contributed by atoms with E-state index in [0.29, 0.717) is 25.7 Å². The van der Waals surface area contributed by atoms with Crippen molar-refractivity contribution < 1.29 is 5.11 Å². The average molecular weight is 289 g/mol. The molecule has 0 saturated heterocycles. The molecule has 0 radical (unpaired) electrons. The first-order valence-electron chi connectivity index (χ1n) is 7.80. The minimum absolute atomic E-state index is 0.184. The molecule has 1 heterocycles. The van der Waals surface area contributed by atoms with Crippen LogP contribution < -0.4 is 5.56 Å². The maximum atomic E-state index is 12.4. The first-order valence-corrected chi connectivity index (χ1v) is 7.80. The van der Waals surface area contributed by atoms with Crippen LogP contribution in [0.5, 0.6) is 0 Å². The fourth-order valence-corrected chi connectivity index (χ4v) is 3.19. The third-order valence-electron chi connectivity index (χ3n) is 4.37. The largest absolute Gasteiger partial charge is 0.388 e. The zero-order chi connectivity index (χ0) is 15.5. The lowest BCUT2D eigenvalue weighted by Gasteiger charge is -2.32. The zero-order valence-corrected chi connectivity index (χ0v) is 12.9. The third kappa shape index (κ3) is 3.16.